The highest BCUT2D eigenvalue weighted by molar-refractivity contribution is 5.75. The zero-order valence-electron chi connectivity index (χ0n) is 9.61. The number of nitrogens with zero attached hydrogens (tertiary/aromatic N) is 3. The van der Waals surface area contributed by atoms with Crippen LogP contribution >= 0.6 is 0 Å². The van der Waals surface area contributed by atoms with Crippen molar-refractivity contribution in [2.75, 3.05) is 14.1 Å². The first-order valence-corrected chi connectivity index (χ1v) is 4.78. The minimum atomic E-state index is 0.0763. The fraction of sp³-hybridized carbons (Fsp3) is 0.600. The summed E-state index contributed by atoms with van der Waals surface area (Å²) in [5.41, 5.74) is 0.932. The van der Waals surface area contributed by atoms with Crippen LogP contribution in [-0.4, -0.2) is 34.5 Å². The minimum Gasteiger partial charge on any atom is -0.347 e. The molecule has 0 aromatic carbocycles. The van der Waals surface area contributed by atoms with Crippen LogP contribution in [-0.2, 0) is 11.3 Å². The Labute approximate surface area is 85.6 Å². The molecule has 1 rings (SSSR count). The normalized spacial score (nSPS) is 8.93. The molecular formula is C10H19N3O. The number of amides is 1. The maximum Gasteiger partial charge on any atom is 0.242 e. The Kier molecular flexibility index (Phi) is 5.60. The molecule has 0 radical (unpaired) electrons. The van der Waals surface area contributed by atoms with Crippen molar-refractivity contribution in [2.24, 2.45) is 0 Å². The Hall–Kier alpha value is -1.32. The van der Waals surface area contributed by atoms with Gasteiger partial charge in [-0.05, 0) is 6.92 Å². The standard InChI is InChI=1S/C8H13N3O.C2H6/c1-7-4-11(6-9-7)5-8(12)10(2)3;1-2/h4,6H,5H2,1-3H3;1-2H3. The van der Waals surface area contributed by atoms with Gasteiger partial charge in [0.1, 0.15) is 6.54 Å². The predicted molar refractivity (Wildman–Crippen MR) is 57.0 cm³/mol. The quantitative estimate of drug-likeness (QED) is 0.717. The third-order valence-electron chi connectivity index (χ3n) is 1.58. The van der Waals surface area contributed by atoms with Gasteiger partial charge in [0.15, 0.2) is 0 Å². The summed E-state index contributed by atoms with van der Waals surface area (Å²) in [5, 5.41) is 0. The predicted octanol–water partition coefficient (Wildman–Crippen LogP) is 1.31. The molecule has 1 aromatic heterocycles. The van der Waals surface area contributed by atoms with Gasteiger partial charge < -0.3 is 9.47 Å². The van der Waals surface area contributed by atoms with E-state index in [4.69, 9.17) is 0 Å². The molecule has 0 aliphatic rings. The summed E-state index contributed by atoms with van der Waals surface area (Å²) in [6.45, 7) is 6.27. The molecule has 0 saturated carbocycles. The van der Waals surface area contributed by atoms with Crippen LogP contribution in [0.1, 0.15) is 19.5 Å². The van der Waals surface area contributed by atoms with E-state index >= 15 is 0 Å². The van der Waals surface area contributed by atoms with E-state index in [1.807, 2.05) is 27.0 Å². The van der Waals surface area contributed by atoms with E-state index in [-0.39, 0.29) is 5.91 Å². The van der Waals surface area contributed by atoms with Gasteiger partial charge in [0.25, 0.3) is 0 Å². The summed E-state index contributed by atoms with van der Waals surface area (Å²) in [5.74, 6) is 0.0763. The van der Waals surface area contributed by atoms with Gasteiger partial charge >= 0.3 is 0 Å². The van der Waals surface area contributed by atoms with Gasteiger partial charge in [-0.3, -0.25) is 4.79 Å². The molecule has 0 aliphatic heterocycles. The molecule has 1 amide bonds. The molecule has 1 heterocycles. The van der Waals surface area contributed by atoms with Crippen LogP contribution < -0.4 is 0 Å². The highest BCUT2D eigenvalue weighted by Gasteiger charge is 2.04. The number of likely N-dealkylation sites (N-methyl/N-ethyl adjacent to an activating group) is 1. The van der Waals surface area contributed by atoms with Gasteiger partial charge in [-0.2, -0.15) is 0 Å². The Morgan fingerprint density at radius 3 is 2.43 bits per heavy atom. The average Bonchev–Trinajstić information content (AvgIpc) is 2.54. The summed E-state index contributed by atoms with van der Waals surface area (Å²) in [7, 11) is 3.48. The molecule has 0 saturated heterocycles. The Morgan fingerprint density at radius 2 is 2.07 bits per heavy atom. The molecule has 0 N–H and O–H groups in total. The van der Waals surface area contributed by atoms with Crippen molar-refractivity contribution < 1.29 is 4.79 Å². The van der Waals surface area contributed by atoms with Crippen LogP contribution in [0.3, 0.4) is 0 Å². The topological polar surface area (TPSA) is 38.1 Å². The first-order chi connectivity index (χ1) is 6.59. The van der Waals surface area contributed by atoms with E-state index in [2.05, 4.69) is 4.98 Å². The van der Waals surface area contributed by atoms with Crippen molar-refractivity contribution in [1.29, 1.82) is 0 Å². The van der Waals surface area contributed by atoms with E-state index in [9.17, 15) is 4.79 Å². The van der Waals surface area contributed by atoms with Gasteiger partial charge in [0.2, 0.25) is 5.91 Å². The second-order valence-electron chi connectivity index (χ2n) is 2.98. The molecule has 0 atom stereocenters. The maximum absolute atomic E-state index is 11.2. The Balaban J connectivity index is 0.000000791. The molecule has 4 heteroatoms. The van der Waals surface area contributed by atoms with Crippen LogP contribution in [0.15, 0.2) is 12.5 Å². The Morgan fingerprint density at radius 1 is 1.50 bits per heavy atom. The average molecular weight is 197 g/mol. The maximum atomic E-state index is 11.2. The second kappa shape index (κ2) is 6.18. The van der Waals surface area contributed by atoms with E-state index in [1.54, 1.807) is 29.9 Å². The summed E-state index contributed by atoms with van der Waals surface area (Å²) in [6, 6.07) is 0. The van der Waals surface area contributed by atoms with Gasteiger partial charge in [-0.1, -0.05) is 13.8 Å². The number of carbonyl (C=O) groups is 1. The van der Waals surface area contributed by atoms with Crippen LogP contribution in [0, 0.1) is 6.92 Å². The number of hydrogen-bond donors (Lipinski definition) is 0. The second-order valence-corrected chi connectivity index (χ2v) is 2.98. The molecule has 4 nitrogen and oxygen atoms in total. The summed E-state index contributed by atoms with van der Waals surface area (Å²) in [6.07, 6.45) is 3.51. The first-order valence-electron chi connectivity index (χ1n) is 4.78. The molecular weight excluding hydrogens is 178 g/mol. The number of carbonyl (C=O) groups excluding carboxylic acids is 1. The molecule has 80 valence electrons. The van der Waals surface area contributed by atoms with E-state index in [1.165, 1.54) is 0 Å². The van der Waals surface area contributed by atoms with Gasteiger partial charge in [0.05, 0.1) is 12.0 Å². The largest absolute Gasteiger partial charge is 0.347 e. The fourth-order valence-electron chi connectivity index (χ4n) is 0.856. The number of aryl methyl sites for hydroxylation is 1. The summed E-state index contributed by atoms with van der Waals surface area (Å²) < 4.78 is 1.78. The zero-order valence-corrected chi connectivity index (χ0v) is 9.61. The van der Waals surface area contributed by atoms with Crippen molar-refractivity contribution in [2.45, 2.75) is 27.3 Å². The van der Waals surface area contributed by atoms with Crippen LogP contribution in [0.25, 0.3) is 0 Å². The smallest absolute Gasteiger partial charge is 0.242 e. The zero-order chi connectivity index (χ0) is 11.1. The summed E-state index contributed by atoms with van der Waals surface area (Å²) >= 11 is 0. The fourth-order valence-corrected chi connectivity index (χ4v) is 0.856. The molecule has 1 aromatic rings. The van der Waals surface area contributed by atoms with Crippen molar-refractivity contribution in [3.05, 3.63) is 18.2 Å². The lowest BCUT2D eigenvalue weighted by atomic mass is 10.5. The third kappa shape index (κ3) is 4.07. The molecule has 0 spiro atoms. The van der Waals surface area contributed by atoms with Gasteiger partial charge in [-0.25, -0.2) is 4.98 Å². The van der Waals surface area contributed by atoms with E-state index in [0.717, 1.165) is 5.69 Å². The number of hydrogen-bond acceptors (Lipinski definition) is 2. The van der Waals surface area contributed by atoms with Crippen LogP contribution in [0.2, 0.25) is 0 Å². The summed E-state index contributed by atoms with van der Waals surface area (Å²) in [4.78, 5) is 16.8. The van der Waals surface area contributed by atoms with E-state index in [0.29, 0.717) is 6.54 Å². The van der Waals surface area contributed by atoms with Gasteiger partial charge in [-0.15, -0.1) is 0 Å². The monoisotopic (exact) mass is 197 g/mol. The van der Waals surface area contributed by atoms with Gasteiger partial charge in [0, 0.05) is 20.3 Å². The van der Waals surface area contributed by atoms with Crippen molar-refractivity contribution >= 4 is 5.91 Å². The molecule has 14 heavy (non-hydrogen) atoms. The number of imidazole rings is 1. The lowest BCUT2D eigenvalue weighted by Crippen LogP contribution is -2.25. The molecule has 0 aliphatic carbocycles. The lowest BCUT2D eigenvalue weighted by molar-refractivity contribution is -0.129. The van der Waals surface area contributed by atoms with E-state index < -0.39 is 0 Å². The van der Waals surface area contributed by atoms with Crippen LogP contribution in [0.4, 0.5) is 0 Å². The number of rotatable bonds is 2. The highest BCUT2D eigenvalue weighted by atomic mass is 16.2. The molecule has 0 fully saturated rings. The van der Waals surface area contributed by atoms with Crippen molar-refractivity contribution in [3.8, 4) is 0 Å². The van der Waals surface area contributed by atoms with Crippen molar-refractivity contribution in [3.63, 3.8) is 0 Å². The third-order valence-corrected chi connectivity index (χ3v) is 1.58. The van der Waals surface area contributed by atoms with Crippen LogP contribution in [0.5, 0.6) is 0 Å². The first kappa shape index (κ1) is 12.7. The minimum absolute atomic E-state index is 0.0763. The molecule has 0 unspecified atom stereocenters. The Bertz CT molecular complexity index is 279. The lowest BCUT2D eigenvalue weighted by Gasteiger charge is -2.09. The molecule has 0 bridgehead atoms. The van der Waals surface area contributed by atoms with Crippen molar-refractivity contribution in [1.82, 2.24) is 14.5 Å². The number of aromatic nitrogens is 2. The highest BCUT2D eigenvalue weighted by Crippen LogP contribution is 1.94. The SMILES string of the molecule is CC.Cc1cn(CC(=O)N(C)C)cn1.